The number of hydrogen-bond acceptors (Lipinski definition) is 2. The summed E-state index contributed by atoms with van der Waals surface area (Å²) in [6, 6.07) is 6.22. The lowest BCUT2D eigenvalue weighted by Crippen LogP contribution is -2.22. The normalized spacial score (nSPS) is 17.9. The maximum Gasteiger partial charge on any atom is 0.303 e. The van der Waals surface area contributed by atoms with Crippen molar-refractivity contribution >= 4 is 5.97 Å². The van der Waals surface area contributed by atoms with Crippen molar-refractivity contribution in [1.29, 1.82) is 0 Å². The largest absolute Gasteiger partial charge is 0.481 e. The first-order chi connectivity index (χ1) is 8.58. The van der Waals surface area contributed by atoms with E-state index < -0.39 is 5.97 Å². The first kappa shape index (κ1) is 13.1. The van der Waals surface area contributed by atoms with Crippen LogP contribution in [-0.4, -0.2) is 11.1 Å². The molecule has 98 valence electrons. The van der Waals surface area contributed by atoms with Crippen LogP contribution in [0.5, 0.6) is 0 Å². The monoisotopic (exact) mass is 247 g/mol. The summed E-state index contributed by atoms with van der Waals surface area (Å²) in [7, 11) is 0. The lowest BCUT2D eigenvalue weighted by atomic mass is 9.86. The highest BCUT2D eigenvalue weighted by Crippen LogP contribution is 2.27. The van der Waals surface area contributed by atoms with Crippen molar-refractivity contribution in [2.45, 2.75) is 45.1 Å². The molecule has 2 unspecified atom stereocenters. The van der Waals surface area contributed by atoms with E-state index in [4.69, 9.17) is 10.8 Å². The Bertz CT molecular complexity index is 442. The third kappa shape index (κ3) is 2.91. The molecule has 0 aromatic heterocycles. The van der Waals surface area contributed by atoms with Gasteiger partial charge in [-0.15, -0.1) is 0 Å². The molecule has 2 rings (SSSR count). The smallest absolute Gasteiger partial charge is 0.303 e. The number of carbonyl (C=O) groups is 1. The number of aliphatic carboxylic acids is 1. The minimum Gasteiger partial charge on any atom is -0.481 e. The van der Waals surface area contributed by atoms with Crippen molar-refractivity contribution in [3.05, 3.63) is 34.9 Å². The summed E-state index contributed by atoms with van der Waals surface area (Å²) in [5.74, 6) is -0.819. The van der Waals surface area contributed by atoms with Crippen LogP contribution >= 0.6 is 0 Å². The molecule has 1 aliphatic carbocycles. The molecule has 0 saturated heterocycles. The molecular formula is C15H21NO2. The van der Waals surface area contributed by atoms with E-state index in [1.807, 2.05) is 6.92 Å². The molecule has 0 amide bonds. The highest BCUT2D eigenvalue weighted by molar-refractivity contribution is 5.67. The van der Waals surface area contributed by atoms with Crippen molar-refractivity contribution in [2.75, 3.05) is 0 Å². The summed E-state index contributed by atoms with van der Waals surface area (Å²) in [6.07, 6.45) is 4.93. The number of carboxylic acids is 1. The van der Waals surface area contributed by atoms with Gasteiger partial charge in [-0.3, -0.25) is 4.79 Å². The predicted octanol–water partition coefficient (Wildman–Crippen LogP) is 2.68. The number of benzene rings is 1. The van der Waals surface area contributed by atoms with E-state index >= 15 is 0 Å². The Hall–Kier alpha value is -1.35. The van der Waals surface area contributed by atoms with Crippen LogP contribution in [0.25, 0.3) is 0 Å². The molecule has 3 nitrogen and oxygen atoms in total. The summed E-state index contributed by atoms with van der Waals surface area (Å²) in [5, 5.41) is 8.82. The second kappa shape index (κ2) is 5.53. The maximum absolute atomic E-state index is 10.7. The highest BCUT2D eigenvalue weighted by atomic mass is 16.4. The van der Waals surface area contributed by atoms with Crippen LogP contribution in [0.2, 0.25) is 0 Å². The van der Waals surface area contributed by atoms with Gasteiger partial charge in [0.2, 0.25) is 0 Å². The molecule has 18 heavy (non-hydrogen) atoms. The Labute approximate surface area is 108 Å². The number of rotatable bonds is 4. The van der Waals surface area contributed by atoms with Crippen LogP contribution in [0.3, 0.4) is 0 Å². The zero-order valence-electron chi connectivity index (χ0n) is 10.9. The lowest BCUT2D eigenvalue weighted by Gasteiger charge is -2.22. The van der Waals surface area contributed by atoms with E-state index in [0.29, 0.717) is 0 Å². The second-order valence-electron chi connectivity index (χ2n) is 5.34. The van der Waals surface area contributed by atoms with E-state index in [-0.39, 0.29) is 18.4 Å². The lowest BCUT2D eigenvalue weighted by molar-refractivity contribution is -0.138. The van der Waals surface area contributed by atoms with Crippen LogP contribution in [0.4, 0.5) is 0 Å². The van der Waals surface area contributed by atoms with Gasteiger partial charge in [0.05, 0.1) is 0 Å². The third-order valence-corrected chi connectivity index (χ3v) is 3.87. The maximum atomic E-state index is 10.7. The Morgan fingerprint density at radius 2 is 2.00 bits per heavy atom. The summed E-state index contributed by atoms with van der Waals surface area (Å²) in [6.45, 7) is 1.90. The summed E-state index contributed by atoms with van der Waals surface area (Å²) in [4.78, 5) is 10.7. The van der Waals surface area contributed by atoms with Gasteiger partial charge in [0, 0.05) is 12.5 Å². The van der Waals surface area contributed by atoms with E-state index in [1.54, 1.807) is 0 Å². The van der Waals surface area contributed by atoms with E-state index in [2.05, 4.69) is 18.2 Å². The quantitative estimate of drug-likeness (QED) is 0.859. The van der Waals surface area contributed by atoms with Crippen LogP contribution in [0.15, 0.2) is 18.2 Å². The van der Waals surface area contributed by atoms with Crippen molar-refractivity contribution in [3.8, 4) is 0 Å². The first-order valence-corrected chi connectivity index (χ1v) is 6.67. The fourth-order valence-corrected chi connectivity index (χ4v) is 2.69. The fourth-order valence-electron chi connectivity index (χ4n) is 2.69. The molecule has 1 aliphatic rings. The molecule has 2 atom stereocenters. The number of carboxylic acid groups (broad SMARTS) is 1. The van der Waals surface area contributed by atoms with Crippen LogP contribution in [0, 0.1) is 5.92 Å². The van der Waals surface area contributed by atoms with Crippen molar-refractivity contribution in [1.82, 2.24) is 0 Å². The number of hydrogen-bond donors (Lipinski definition) is 2. The number of fused-ring (bicyclic) bond motifs is 1. The van der Waals surface area contributed by atoms with Gasteiger partial charge in [-0.05, 0) is 48.3 Å². The molecule has 3 heteroatoms. The second-order valence-corrected chi connectivity index (χ2v) is 5.34. The first-order valence-electron chi connectivity index (χ1n) is 6.67. The standard InChI is InChI=1S/C15H21NO2/c1-10(8-14(17)18)15(16)13-7-6-11-4-2-3-5-12(11)9-13/h6-7,9-10,15H,2-5,8,16H2,1H3,(H,17,18). The van der Waals surface area contributed by atoms with E-state index in [1.165, 1.54) is 24.0 Å². The zero-order chi connectivity index (χ0) is 13.1. The Morgan fingerprint density at radius 1 is 1.33 bits per heavy atom. The Kier molecular flexibility index (Phi) is 4.02. The van der Waals surface area contributed by atoms with Gasteiger partial charge < -0.3 is 10.8 Å². The van der Waals surface area contributed by atoms with Gasteiger partial charge in [0.25, 0.3) is 0 Å². The fraction of sp³-hybridized carbons (Fsp3) is 0.533. The third-order valence-electron chi connectivity index (χ3n) is 3.87. The summed E-state index contributed by atoms with van der Waals surface area (Å²) < 4.78 is 0. The predicted molar refractivity (Wildman–Crippen MR) is 71.4 cm³/mol. The summed E-state index contributed by atoms with van der Waals surface area (Å²) >= 11 is 0. The van der Waals surface area contributed by atoms with E-state index in [0.717, 1.165) is 18.4 Å². The topological polar surface area (TPSA) is 63.3 Å². The minimum atomic E-state index is -0.782. The van der Waals surface area contributed by atoms with Gasteiger partial charge in [0.15, 0.2) is 0 Å². The van der Waals surface area contributed by atoms with Crippen molar-refractivity contribution in [3.63, 3.8) is 0 Å². The molecule has 0 saturated carbocycles. The molecule has 0 fully saturated rings. The highest BCUT2D eigenvalue weighted by Gasteiger charge is 2.19. The average molecular weight is 247 g/mol. The molecule has 0 radical (unpaired) electrons. The average Bonchev–Trinajstić information content (AvgIpc) is 2.36. The van der Waals surface area contributed by atoms with Crippen molar-refractivity contribution in [2.24, 2.45) is 11.7 Å². The number of aryl methyl sites for hydroxylation is 2. The van der Waals surface area contributed by atoms with Crippen LogP contribution < -0.4 is 5.73 Å². The Balaban J connectivity index is 2.15. The Morgan fingerprint density at radius 3 is 2.67 bits per heavy atom. The minimum absolute atomic E-state index is 0.0378. The zero-order valence-corrected chi connectivity index (χ0v) is 10.9. The summed E-state index contributed by atoms with van der Waals surface area (Å²) in [5.41, 5.74) is 10.1. The molecule has 1 aromatic carbocycles. The van der Waals surface area contributed by atoms with Crippen molar-refractivity contribution < 1.29 is 9.90 Å². The van der Waals surface area contributed by atoms with Crippen LogP contribution in [-0.2, 0) is 17.6 Å². The van der Waals surface area contributed by atoms with E-state index in [9.17, 15) is 4.79 Å². The molecule has 0 spiro atoms. The molecular weight excluding hydrogens is 226 g/mol. The number of nitrogens with two attached hydrogens (primary N) is 1. The van der Waals surface area contributed by atoms with Gasteiger partial charge in [0.1, 0.15) is 0 Å². The molecule has 0 aliphatic heterocycles. The van der Waals surface area contributed by atoms with Gasteiger partial charge in [-0.25, -0.2) is 0 Å². The molecule has 1 aromatic rings. The molecule has 0 bridgehead atoms. The molecule has 3 N–H and O–H groups in total. The van der Waals surface area contributed by atoms with Gasteiger partial charge in [-0.1, -0.05) is 25.1 Å². The van der Waals surface area contributed by atoms with Crippen LogP contribution in [0.1, 0.15) is 48.9 Å². The SMILES string of the molecule is CC(CC(=O)O)C(N)c1ccc2c(c1)CCCC2. The molecule has 0 heterocycles. The van der Waals surface area contributed by atoms with Gasteiger partial charge in [-0.2, -0.15) is 0 Å². The van der Waals surface area contributed by atoms with Gasteiger partial charge >= 0.3 is 5.97 Å².